The van der Waals surface area contributed by atoms with Crippen LogP contribution < -0.4 is 10.1 Å². The molecular formula is C24H20F3N3OS. The number of anilines is 2. The van der Waals surface area contributed by atoms with E-state index in [4.69, 9.17) is 4.74 Å². The summed E-state index contributed by atoms with van der Waals surface area (Å²) in [6.45, 7) is 2.46. The molecule has 0 fully saturated rings. The lowest BCUT2D eigenvalue weighted by atomic mass is 10.1. The second-order valence-corrected chi connectivity index (χ2v) is 7.85. The third-order valence-corrected chi connectivity index (χ3v) is 5.59. The molecule has 0 unspecified atom stereocenters. The van der Waals surface area contributed by atoms with Crippen molar-refractivity contribution >= 4 is 34.2 Å². The monoisotopic (exact) mass is 455 g/mol. The molecule has 0 saturated heterocycles. The van der Waals surface area contributed by atoms with Gasteiger partial charge in [-0.25, -0.2) is 9.97 Å². The average molecular weight is 456 g/mol. The van der Waals surface area contributed by atoms with Crippen LogP contribution in [0, 0.1) is 0 Å². The zero-order valence-electron chi connectivity index (χ0n) is 17.2. The van der Waals surface area contributed by atoms with Gasteiger partial charge in [0, 0.05) is 11.1 Å². The quantitative estimate of drug-likeness (QED) is 0.238. The fraction of sp³-hybridized carbons (Fsp3) is 0.167. The van der Waals surface area contributed by atoms with E-state index in [0.717, 1.165) is 40.0 Å². The molecule has 0 aliphatic carbocycles. The number of rotatable bonds is 7. The first-order valence-electron chi connectivity index (χ1n) is 9.98. The van der Waals surface area contributed by atoms with Gasteiger partial charge in [0.2, 0.25) is 0 Å². The number of aromatic nitrogens is 2. The highest BCUT2D eigenvalue weighted by Gasteiger charge is 2.29. The number of para-hydroxylation sites is 3. The molecule has 4 aromatic rings. The Kier molecular flexibility index (Phi) is 6.50. The van der Waals surface area contributed by atoms with Crippen molar-refractivity contribution in [3.05, 3.63) is 83.9 Å². The van der Waals surface area contributed by atoms with Crippen LogP contribution in [0.2, 0.25) is 0 Å². The maximum Gasteiger partial charge on any atom is 0.416 e. The summed E-state index contributed by atoms with van der Waals surface area (Å²) < 4.78 is 44.0. The van der Waals surface area contributed by atoms with E-state index in [1.807, 2.05) is 55.5 Å². The highest BCUT2D eigenvalue weighted by molar-refractivity contribution is 7.98. The molecule has 0 bridgehead atoms. The van der Waals surface area contributed by atoms with Crippen LogP contribution in [-0.4, -0.2) is 16.6 Å². The number of halogens is 3. The van der Waals surface area contributed by atoms with Gasteiger partial charge in [-0.3, -0.25) is 0 Å². The predicted octanol–water partition coefficient (Wildman–Crippen LogP) is 7.08. The lowest BCUT2D eigenvalue weighted by molar-refractivity contribution is -0.137. The molecule has 8 heteroatoms. The first-order valence-corrected chi connectivity index (χ1v) is 11.0. The fourth-order valence-electron chi connectivity index (χ4n) is 3.13. The first kappa shape index (κ1) is 22.0. The van der Waals surface area contributed by atoms with Gasteiger partial charge in [0.1, 0.15) is 11.6 Å². The van der Waals surface area contributed by atoms with Gasteiger partial charge in [-0.2, -0.15) is 13.2 Å². The molecule has 1 aromatic heterocycles. The number of fused-ring (bicyclic) bond motifs is 1. The number of ether oxygens (including phenoxy) is 1. The van der Waals surface area contributed by atoms with Gasteiger partial charge in [0.25, 0.3) is 0 Å². The summed E-state index contributed by atoms with van der Waals surface area (Å²) in [4.78, 5) is 9.28. The van der Waals surface area contributed by atoms with Gasteiger partial charge in [0.05, 0.1) is 23.4 Å². The van der Waals surface area contributed by atoms with E-state index in [0.29, 0.717) is 23.3 Å². The largest absolute Gasteiger partial charge is 0.492 e. The topological polar surface area (TPSA) is 47.0 Å². The normalized spacial score (nSPS) is 11.5. The van der Waals surface area contributed by atoms with Crippen molar-refractivity contribution in [2.24, 2.45) is 0 Å². The predicted molar refractivity (Wildman–Crippen MR) is 121 cm³/mol. The van der Waals surface area contributed by atoms with Gasteiger partial charge in [0.15, 0.2) is 5.16 Å². The van der Waals surface area contributed by atoms with Crippen LogP contribution in [0.5, 0.6) is 5.75 Å². The second-order valence-electron chi connectivity index (χ2n) is 6.91. The Hall–Kier alpha value is -3.26. The summed E-state index contributed by atoms with van der Waals surface area (Å²) in [5.74, 6) is 1.81. The van der Waals surface area contributed by atoms with E-state index < -0.39 is 11.7 Å². The zero-order valence-corrected chi connectivity index (χ0v) is 18.0. The number of nitrogens with one attached hydrogen (secondary N) is 1. The molecule has 0 saturated carbocycles. The van der Waals surface area contributed by atoms with E-state index in [1.54, 1.807) is 0 Å². The molecule has 32 heavy (non-hydrogen) atoms. The van der Waals surface area contributed by atoms with Crippen molar-refractivity contribution in [1.82, 2.24) is 9.97 Å². The highest BCUT2D eigenvalue weighted by Crippen LogP contribution is 2.33. The minimum atomic E-state index is -4.34. The molecule has 0 aliphatic heterocycles. The Bertz CT molecular complexity index is 1210. The number of hydrogen-bond donors (Lipinski definition) is 1. The smallest absolute Gasteiger partial charge is 0.416 e. The van der Waals surface area contributed by atoms with Crippen LogP contribution in [0.25, 0.3) is 10.9 Å². The van der Waals surface area contributed by atoms with Crippen molar-refractivity contribution in [3.8, 4) is 5.75 Å². The van der Waals surface area contributed by atoms with E-state index in [9.17, 15) is 13.2 Å². The van der Waals surface area contributed by atoms with Crippen molar-refractivity contribution in [3.63, 3.8) is 0 Å². The van der Waals surface area contributed by atoms with Crippen LogP contribution in [0.15, 0.2) is 78.0 Å². The summed E-state index contributed by atoms with van der Waals surface area (Å²) in [6, 6.07) is 20.4. The Morgan fingerprint density at radius 3 is 2.38 bits per heavy atom. The average Bonchev–Trinajstić information content (AvgIpc) is 2.79. The van der Waals surface area contributed by atoms with Crippen LogP contribution in [0.4, 0.5) is 24.7 Å². The molecule has 1 N–H and O–H groups in total. The SMILES string of the molecule is CCOc1ccccc1Nc1nc(SCc2ccc(C(F)(F)F)cc2)nc2ccccc12. The zero-order chi connectivity index (χ0) is 22.6. The summed E-state index contributed by atoms with van der Waals surface area (Å²) in [5.41, 5.74) is 1.66. The molecule has 0 spiro atoms. The summed E-state index contributed by atoms with van der Waals surface area (Å²) in [6.07, 6.45) is -4.34. The lowest BCUT2D eigenvalue weighted by Gasteiger charge is -2.14. The van der Waals surface area contributed by atoms with Gasteiger partial charge >= 0.3 is 6.18 Å². The van der Waals surface area contributed by atoms with Crippen LogP contribution in [0.1, 0.15) is 18.1 Å². The van der Waals surface area contributed by atoms with Gasteiger partial charge < -0.3 is 10.1 Å². The molecule has 0 amide bonds. The third kappa shape index (κ3) is 5.13. The van der Waals surface area contributed by atoms with E-state index in [-0.39, 0.29) is 0 Å². The van der Waals surface area contributed by atoms with E-state index >= 15 is 0 Å². The number of nitrogens with zero attached hydrogens (tertiary/aromatic N) is 2. The Morgan fingerprint density at radius 2 is 1.62 bits per heavy atom. The number of hydrogen-bond acceptors (Lipinski definition) is 5. The lowest BCUT2D eigenvalue weighted by Crippen LogP contribution is -2.04. The van der Waals surface area contributed by atoms with Crippen molar-refractivity contribution in [2.45, 2.75) is 24.0 Å². The van der Waals surface area contributed by atoms with Crippen LogP contribution in [0.3, 0.4) is 0 Å². The van der Waals surface area contributed by atoms with Gasteiger partial charge in [-0.15, -0.1) is 0 Å². The maximum absolute atomic E-state index is 12.8. The molecule has 0 aliphatic rings. The van der Waals surface area contributed by atoms with E-state index in [1.165, 1.54) is 23.9 Å². The maximum atomic E-state index is 12.8. The van der Waals surface area contributed by atoms with E-state index in [2.05, 4.69) is 15.3 Å². The van der Waals surface area contributed by atoms with Crippen LogP contribution >= 0.6 is 11.8 Å². The van der Waals surface area contributed by atoms with Crippen molar-refractivity contribution < 1.29 is 17.9 Å². The molecule has 0 atom stereocenters. The molecule has 3 aromatic carbocycles. The Labute approximate surface area is 187 Å². The number of thioether (sulfide) groups is 1. The molecular weight excluding hydrogens is 435 g/mol. The second kappa shape index (κ2) is 9.48. The van der Waals surface area contributed by atoms with Crippen molar-refractivity contribution in [2.75, 3.05) is 11.9 Å². The number of benzene rings is 3. The van der Waals surface area contributed by atoms with Gasteiger partial charge in [-0.1, -0.05) is 48.2 Å². The standard InChI is InChI=1S/C24H20F3N3OS/c1-2-31-21-10-6-5-9-20(21)28-22-18-7-3-4-8-19(18)29-23(30-22)32-15-16-11-13-17(14-12-16)24(25,26)27/h3-14H,2,15H2,1H3,(H,28,29,30). The van der Waals surface area contributed by atoms with Crippen molar-refractivity contribution in [1.29, 1.82) is 0 Å². The summed E-state index contributed by atoms with van der Waals surface area (Å²) in [5, 5.41) is 4.74. The first-order chi connectivity index (χ1) is 15.4. The Morgan fingerprint density at radius 1 is 0.906 bits per heavy atom. The fourth-order valence-corrected chi connectivity index (χ4v) is 3.94. The third-order valence-electron chi connectivity index (χ3n) is 4.67. The summed E-state index contributed by atoms with van der Waals surface area (Å²) >= 11 is 1.37. The highest BCUT2D eigenvalue weighted by atomic mass is 32.2. The minimum Gasteiger partial charge on any atom is -0.492 e. The molecule has 164 valence electrons. The Balaban J connectivity index is 1.60. The molecule has 0 radical (unpaired) electrons. The molecule has 1 heterocycles. The number of alkyl halides is 3. The molecule has 4 nitrogen and oxygen atoms in total. The summed E-state index contributed by atoms with van der Waals surface area (Å²) in [7, 11) is 0. The van der Waals surface area contributed by atoms with Gasteiger partial charge in [-0.05, 0) is 48.9 Å². The minimum absolute atomic E-state index is 0.450. The molecule has 4 rings (SSSR count). The van der Waals surface area contributed by atoms with Crippen LogP contribution in [-0.2, 0) is 11.9 Å².